The highest BCUT2D eigenvalue weighted by Crippen LogP contribution is 2.30. The van der Waals surface area contributed by atoms with E-state index < -0.39 is 0 Å². The van der Waals surface area contributed by atoms with Crippen molar-refractivity contribution in [1.82, 2.24) is 14.5 Å². The van der Waals surface area contributed by atoms with Gasteiger partial charge in [-0.05, 0) is 12.5 Å². The maximum atomic E-state index is 12.5. The van der Waals surface area contributed by atoms with E-state index >= 15 is 0 Å². The third-order valence-electron chi connectivity index (χ3n) is 4.20. The highest BCUT2D eigenvalue weighted by molar-refractivity contribution is 5.90. The smallest absolute Gasteiger partial charge is 0.325 e. The van der Waals surface area contributed by atoms with E-state index in [0.29, 0.717) is 17.3 Å². The van der Waals surface area contributed by atoms with Crippen molar-refractivity contribution in [2.75, 3.05) is 13.7 Å². The Kier molecular flexibility index (Phi) is 4.72. The van der Waals surface area contributed by atoms with Gasteiger partial charge < -0.3 is 14.6 Å². The number of carbonyl (C=O) groups is 1. The lowest BCUT2D eigenvalue weighted by atomic mass is 10.00. The van der Waals surface area contributed by atoms with Crippen LogP contribution in [0.5, 0.6) is 0 Å². The number of rotatable bonds is 4. The number of ether oxygens (including phenoxy) is 1. The molecule has 0 aliphatic heterocycles. The molecular formula is C19H21N3O3. The normalized spacial score (nSPS) is 12.3. The van der Waals surface area contributed by atoms with Gasteiger partial charge in [-0.2, -0.15) is 0 Å². The Morgan fingerprint density at radius 3 is 2.48 bits per heavy atom. The van der Waals surface area contributed by atoms with Gasteiger partial charge >= 0.3 is 6.03 Å². The monoisotopic (exact) mass is 339 g/mol. The first kappa shape index (κ1) is 17.0. The lowest BCUT2D eigenvalue weighted by Gasteiger charge is -2.18. The molecule has 6 heteroatoms. The quantitative estimate of drug-likeness (QED) is 0.795. The van der Waals surface area contributed by atoms with Crippen LogP contribution in [0.2, 0.25) is 0 Å². The highest BCUT2D eigenvalue weighted by atomic mass is 16.5. The second-order valence-corrected chi connectivity index (χ2v) is 5.86. The summed E-state index contributed by atoms with van der Waals surface area (Å²) in [6.45, 7) is 2.37. The van der Waals surface area contributed by atoms with Crippen molar-refractivity contribution in [3.8, 4) is 0 Å². The van der Waals surface area contributed by atoms with Gasteiger partial charge in [0.15, 0.2) is 0 Å². The molecule has 0 aliphatic carbocycles. The summed E-state index contributed by atoms with van der Waals surface area (Å²) >= 11 is 0. The predicted molar refractivity (Wildman–Crippen MR) is 96.9 cm³/mol. The molecule has 0 fully saturated rings. The third-order valence-corrected chi connectivity index (χ3v) is 4.20. The second kappa shape index (κ2) is 6.94. The molecule has 0 aliphatic rings. The number of carbonyl (C=O) groups excluding carboxylic acids is 1. The summed E-state index contributed by atoms with van der Waals surface area (Å²) in [4.78, 5) is 24.6. The number of aromatic nitrogens is 2. The fourth-order valence-corrected chi connectivity index (χ4v) is 3.02. The van der Waals surface area contributed by atoms with Crippen molar-refractivity contribution >= 4 is 16.8 Å². The van der Waals surface area contributed by atoms with Crippen LogP contribution in [0.3, 0.4) is 0 Å². The summed E-state index contributed by atoms with van der Waals surface area (Å²) in [7, 11) is 3.34. The Hall–Kier alpha value is -2.86. The summed E-state index contributed by atoms with van der Waals surface area (Å²) in [5.41, 5.74) is 1.68. The molecule has 2 aromatic heterocycles. The van der Waals surface area contributed by atoms with E-state index in [-0.39, 0.29) is 17.7 Å². The number of aryl methyl sites for hydroxylation is 1. The van der Waals surface area contributed by atoms with Crippen molar-refractivity contribution in [2.24, 2.45) is 7.05 Å². The zero-order valence-electron chi connectivity index (χ0n) is 14.5. The summed E-state index contributed by atoms with van der Waals surface area (Å²) in [5.74, 6) is 0. The number of methoxy groups -OCH3 is 1. The van der Waals surface area contributed by atoms with Gasteiger partial charge in [-0.25, -0.2) is 4.79 Å². The first-order valence-corrected chi connectivity index (χ1v) is 8.14. The molecule has 0 saturated carbocycles. The Bertz CT molecular complexity index is 957. The van der Waals surface area contributed by atoms with Crippen LogP contribution >= 0.6 is 0 Å². The summed E-state index contributed by atoms with van der Waals surface area (Å²) < 4.78 is 8.65. The van der Waals surface area contributed by atoms with Crippen molar-refractivity contribution < 1.29 is 9.53 Å². The Morgan fingerprint density at radius 1 is 1.16 bits per heavy atom. The third kappa shape index (κ3) is 3.08. The van der Waals surface area contributed by atoms with Gasteiger partial charge in [0.2, 0.25) is 0 Å². The lowest BCUT2D eigenvalue weighted by molar-refractivity contribution is 0.137. The van der Waals surface area contributed by atoms with Crippen molar-refractivity contribution in [2.45, 2.75) is 13.0 Å². The number of fused-ring (bicyclic) bond motifs is 1. The van der Waals surface area contributed by atoms with E-state index in [0.717, 1.165) is 11.1 Å². The Labute approximate surface area is 145 Å². The summed E-state index contributed by atoms with van der Waals surface area (Å²) in [6, 6.07) is 9.52. The average Bonchev–Trinajstić information content (AvgIpc) is 3.07. The van der Waals surface area contributed by atoms with E-state index in [4.69, 9.17) is 4.74 Å². The van der Waals surface area contributed by atoms with E-state index in [1.54, 1.807) is 32.7 Å². The SMILES string of the molecule is CCNC(=O)n1cc2c(C(OC)c3ccccc3)cn(C)c(=O)c2c1. The molecule has 0 bridgehead atoms. The maximum Gasteiger partial charge on any atom is 0.325 e. The van der Waals surface area contributed by atoms with Crippen molar-refractivity contribution in [3.05, 3.63) is 70.4 Å². The van der Waals surface area contributed by atoms with Crippen LogP contribution in [0, 0.1) is 0 Å². The van der Waals surface area contributed by atoms with Crippen LogP contribution in [0.15, 0.2) is 53.7 Å². The summed E-state index contributed by atoms with van der Waals surface area (Å²) in [6.07, 6.45) is 4.70. The highest BCUT2D eigenvalue weighted by Gasteiger charge is 2.20. The molecule has 2 heterocycles. The largest absolute Gasteiger partial charge is 0.372 e. The molecular weight excluding hydrogens is 318 g/mol. The zero-order chi connectivity index (χ0) is 18.0. The van der Waals surface area contributed by atoms with E-state index in [2.05, 4.69) is 5.32 Å². The van der Waals surface area contributed by atoms with Crippen LogP contribution in [-0.2, 0) is 11.8 Å². The average molecular weight is 339 g/mol. The fraction of sp³-hybridized carbons (Fsp3) is 0.263. The van der Waals surface area contributed by atoms with Crippen molar-refractivity contribution in [1.29, 1.82) is 0 Å². The molecule has 130 valence electrons. The lowest BCUT2D eigenvalue weighted by Crippen LogP contribution is -2.27. The molecule has 1 unspecified atom stereocenters. The number of hydrogen-bond acceptors (Lipinski definition) is 3. The number of benzene rings is 1. The molecule has 25 heavy (non-hydrogen) atoms. The molecule has 0 radical (unpaired) electrons. The topological polar surface area (TPSA) is 65.3 Å². The van der Waals surface area contributed by atoms with Crippen LogP contribution in [0.1, 0.15) is 24.2 Å². The van der Waals surface area contributed by atoms with Crippen LogP contribution in [-0.4, -0.2) is 28.8 Å². The van der Waals surface area contributed by atoms with Gasteiger partial charge in [0, 0.05) is 50.2 Å². The minimum atomic E-state index is -0.333. The number of nitrogens with zero attached hydrogens (tertiary/aromatic N) is 2. The number of amides is 1. The fourth-order valence-electron chi connectivity index (χ4n) is 3.02. The maximum absolute atomic E-state index is 12.5. The molecule has 1 amide bonds. The minimum Gasteiger partial charge on any atom is -0.372 e. The van der Waals surface area contributed by atoms with Gasteiger partial charge in [-0.15, -0.1) is 0 Å². The number of hydrogen-bond donors (Lipinski definition) is 1. The van der Waals surface area contributed by atoms with Gasteiger partial charge in [0.1, 0.15) is 6.10 Å². The Morgan fingerprint density at radius 2 is 1.84 bits per heavy atom. The first-order valence-electron chi connectivity index (χ1n) is 8.14. The molecule has 3 rings (SSSR count). The molecule has 1 N–H and O–H groups in total. The molecule has 3 aromatic rings. The van der Waals surface area contributed by atoms with Crippen LogP contribution in [0.25, 0.3) is 10.8 Å². The second-order valence-electron chi connectivity index (χ2n) is 5.86. The molecule has 6 nitrogen and oxygen atoms in total. The molecule has 0 saturated heterocycles. The molecule has 1 aromatic carbocycles. The van der Waals surface area contributed by atoms with Gasteiger partial charge in [0.25, 0.3) is 5.56 Å². The van der Waals surface area contributed by atoms with Gasteiger partial charge in [-0.3, -0.25) is 9.36 Å². The first-order chi connectivity index (χ1) is 12.1. The van der Waals surface area contributed by atoms with Gasteiger partial charge in [-0.1, -0.05) is 30.3 Å². The van der Waals surface area contributed by atoms with E-state index in [1.807, 2.05) is 37.3 Å². The van der Waals surface area contributed by atoms with Crippen molar-refractivity contribution in [3.63, 3.8) is 0 Å². The zero-order valence-corrected chi connectivity index (χ0v) is 14.5. The van der Waals surface area contributed by atoms with E-state index in [1.165, 1.54) is 9.13 Å². The number of nitrogens with one attached hydrogen (secondary N) is 1. The summed E-state index contributed by atoms with van der Waals surface area (Å²) in [5, 5.41) is 3.94. The Balaban J connectivity index is 2.22. The van der Waals surface area contributed by atoms with Crippen LogP contribution in [0.4, 0.5) is 4.79 Å². The van der Waals surface area contributed by atoms with Crippen LogP contribution < -0.4 is 10.9 Å². The standard InChI is InChI=1S/C19H21N3O3/c1-4-20-19(24)22-11-14-15(10-21(2)18(23)16(14)12-22)17(25-3)13-8-6-5-7-9-13/h5-12,17H,4H2,1-3H3,(H,20,24). The molecule has 1 atom stereocenters. The molecule has 0 spiro atoms. The minimum absolute atomic E-state index is 0.148. The van der Waals surface area contributed by atoms with E-state index in [9.17, 15) is 9.59 Å². The van der Waals surface area contributed by atoms with Gasteiger partial charge in [0.05, 0.1) is 5.39 Å². The number of pyridine rings is 1. The predicted octanol–water partition coefficient (Wildman–Crippen LogP) is 2.65.